The molecule has 1 aliphatic heterocycles. The van der Waals surface area contributed by atoms with Crippen LogP contribution in [0.1, 0.15) is 31.7 Å². The average Bonchev–Trinajstić information content (AvgIpc) is 3.17. The van der Waals surface area contributed by atoms with Crippen LogP contribution in [0.15, 0.2) is 18.2 Å². The molecule has 1 spiro atoms. The lowest BCUT2D eigenvalue weighted by Gasteiger charge is -2.23. The molecule has 3 rings (SSSR count). The quantitative estimate of drug-likeness (QED) is 0.802. The van der Waals surface area contributed by atoms with E-state index >= 15 is 0 Å². The third-order valence-electron chi connectivity index (χ3n) is 5.01. The Morgan fingerprint density at radius 1 is 1.18 bits per heavy atom. The van der Waals surface area contributed by atoms with Gasteiger partial charge in [-0.1, -0.05) is 6.07 Å². The van der Waals surface area contributed by atoms with Crippen LogP contribution < -0.4 is 16.0 Å². The summed E-state index contributed by atoms with van der Waals surface area (Å²) in [6.45, 7) is 5.42. The Bertz CT molecular complexity index is 606. The first-order valence-electron chi connectivity index (χ1n) is 7.91. The molecule has 1 heterocycles. The van der Waals surface area contributed by atoms with Crippen molar-refractivity contribution in [2.45, 2.75) is 33.1 Å². The number of rotatable bonds is 3. The molecule has 1 aromatic carbocycles. The molecule has 0 aromatic heterocycles. The van der Waals surface area contributed by atoms with E-state index in [-0.39, 0.29) is 23.1 Å². The molecule has 0 bridgehead atoms. The van der Waals surface area contributed by atoms with E-state index in [0.29, 0.717) is 0 Å². The molecule has 1 unspecified atom stereocenters. The highest BCUT2D eigenvalue weighted by atomic mass is 16.2. The van der Waals surface area contributed by atoms with Crippen LogP contribution in [0.2, 0.25) is 0 Å². The highest BCUT2D eigenvalue weighted by Crippen LogP contribution is 2.58. The molecule has 3 N–H and O–H groups in total. The summed E-state index contributed by atoms with van der Waals surface area (Å²) in [5, 5.41) is 9.19. The summed E-state index contributed by atoms with van der Waals surface area (Å²) in [6.07, 6.45) is 3.19. The van der Waals surface area contributed by atoms with Gasteiger partial charge < -0.3 is 16.0 Å². The fourth-order valence-corrected chi connectivity index (χ4v) is 3.51. The summed E-state index contributed by atoms with van der Waals surface area (Å²) in [5.74, 6) is 0.144. The average molecular weight is 301 g/mol. The third kappa shape index (κ3) is 2.86. The highest BCUT2D eigenvalue weighted by molar-refractivity contribution is 5.97. The van der Waals surface area contributed by atoms with Crippen molar-refractivity contribution < 1.29 is 9.59 Å². The minimum absolute atomic E-state index is 0.109. The topological polar surface area (TPSA) is 70.2 Å². The predicted molar refractivity (Wildman–Crippen MR) is 86.8 cm³/mol. The van der Waals surface area contributed by atoms with E-state index in [1.165, 1.54) is 6.92 Å². The summed E-state index contributed by atoms with van der Waals surface area (Å²) in [7, 11) is 0. The van der Waals surface area contributed by atoms with Crippen LogP contribution in [0.5, 0.6) is 0 Å². The fraction of sp³-hybridized carbons (Fsp3) is 0.529. The van der Waals surface area contributed by atoms with Gasteiger partial charge in [0.1, 0.15) is 0 Å². The highest BCUT2D eigenvalue weighted by Gasteiger charge is 2.57. The van der Waals surface area contributed by atoms with Gasteiger partial charge in [-0.3, -0.25) is 9.59 Å². The number of benzene rings is 1. The molecule has 22 heavy (non-hydrogen) atoms. The largest absolute Gasteiger partial charge is 0.326 e. The summed E-state index contributed by atoms with van der Waals surface area (Å²) in [4.78, 5) is 23.7. The number of carbonyl (C=O) groups excluding carboxylic acids is 2. The first-order valence-corrected chi connectivity index (χ1v) is 7.91. The van der Waals surface area contributed by atoms with Crippen molar-refractivity contribution >= 4 is 23.2 Å². The molecular formula is C17H23N3O2. The molecule has 0 radical (unpaired) electrons. The first kappa shape index (κ1) is 15.0. The van der Waals surface area contributed by atoms with Crippen molar-refractivity contribution in [3.63, 3.8) is 0 Å². The number of piperidine rings is 1. The lowest BCUT2D eigenvalue weighted by Crippen LogP contribution is -2.31. The normalized spacial score (nSPS) is 22.2. The Hall–Kier alpha value is -1.88. The van der Waals surface area contributed by atoms with E-state index in [1.807, 2.05) is 25.1 Å². The van der Waals surface area contributed by atoms with Gasteiger partial charge >= 0.3 is 0 Å². The number of amides is 2. The van der Waals surface area contributed by atoms with Crippen LogP contribution in [-0.4, -0.2) is 24.9 Å². The van der Waals surface area contributed by atoms with Crippen LogP contribution in [0.4, 0.5) is 11.4 Å². The minimum atomic E-state index is -0.109. The maximum Gasteiger partial charge on any atom is 0.228 e. The molecular weight excluding hydrogens is 278 g/mol. The van der Waals surface area contributed by atoms with Crippen LogP contribution in [-0.2, 0) is 9.59 Å². The number of nitrogens with one attached hydrogen (secondary N) is 3. The molecule has 1 aliphatic carbocycles. The third-order valence-corrected chi connectivity index (χ3v) is 5.01. The van der Waals surface area contributed by atoms with E-state index in [0.717, 1.165) is 49.3 Å². The van der Waals surface area contributed by atoms with Crippen LogP contribution in [0.3, 0.4) is 0 Å². The van der Waals surface area contributed by atoms with Gasteiger partial charge in [0.15, 0.2) is 0 Å². The molecule has 1 saturated heterocycles. The van der Waals surface area contributed by atoms with Crippen molar-refractivity contribution in [2.75, 3.05) is 23.7 Å². The summed E-state index contributed by atoms with van der Waals surface area (Å²) < 4.78 is 0. The Labute approximate surface area is 130 Å². The van der Waals surface area contributed by atoms with Crippen molar-refractivity contribution in [1.82, 2.24) is 5.32 Å². The van der Waals surface area contributed by atoms with Gasteiger partial charge in [0.25, 0.3) is 0 Å². The Kier molecular flexibility index (Phi) is 3.91. The SMILES string of the molecule is CC(=O)Nc1cccc(NC(=O)C2CC23CCNCC3)c1C. The van der Waals surface area contributed by atoms with Gasteiger partial charge in [-0.2, -0.15) is 0 Å². The van der Waals surface area contributed by atoms with Crippen molar-refractivity contribution in [2.24, 2.45) is 11.3 Å². The Morgan fingerprint density at radius 3 is 2.45 bits per heavy atom. The number of hydrogen-bond donors (Lipinski definition) is 3. The van der Waals surface area contributed by atoms with Crippen LogP contribution >= 0.6 is 0 Å². The van der Waals surface area contributed by atoms with Gasteiger partial charge in [0, 0.05) is 24.2 Å². The number of anilines is 2. The van der Waals surface area contributed by atoms with Crippen molar-refractivity contribution in [3.05, 3.63) is 23.8 Å². The molecule has 1 aromatic rings. The maximum absolute atomic E-state index is 12.5. The second-order valence-corrected chi connectivity index (χ2v) is 6.52. The van der Waals surface area contributed by atoms with E-state index in [2.05, 4.69) is 16.0 Å². The number of hydrogen-bond acceptors (Lipinski definition) is 3. The summed E-state index contributed by atoms with van der Waals surface area (Å²) in [5.41, 5.74) is 2.66. The van der Waals surface area contributed by atoms with Crippen LogP contribution in [0.25, 0.3) is 0 Å². The number of carbonyl (C=O) groups is 2. The molecule has 118 valence electrons. The van der Waals surface area contributed by atoms with E-state index in [9.17, 15) is 9.59 Å². The van der Waals surface area contributed by atoms with Gasteiger partial charge in [0.2, 0.25) is 11.8 Å². The maximum atomic E-state index is 12.5. The Balaban J connectivity index is 1.68. The summed E-state index contributed by atoms with van der Waals surface area (Å²) in [6, 6.07) is 5.58. The zero-order valence-corrected chi connectivity index (χ0v) is 13.2. The van der Waals surface area contributed by atoms with Gasteiger partial charge in [-0.05, 0) is 62.4 Å². The van der Waals surface area contributed by atoms with E-state index < -0.39 is 0 Å². The monoisotopic (exact) mass is 301 g/mol. The lowest BCUT2D eigenvalue weighted by molar-refractivity contribution is -0.118. The molecule has 1 atom stereocenters. The standard InChI is InChI=1S/C17H23N3O2/c1-11-14(19-12(2)21)4-3-5-15(11)20-16(22)13-10-17(13)6-8-18-9-7-17/h3-5,13,18H,6-10H2,1-2H3,(H,19,21)(H,20,22). The Morgan fingerprint density at radius 2 is 1.82 bits per heavy atom. The molecule has 2 fully saturated rings. The predicted octanol–water partition coefficient (Wildman–Crippen LogP) is 2.28. The summed E-state index contributed by atoms with van der Waals surface area (Å²) >= 11 is 0. The van der Waals surface area contributed by atoms with E-state index in [4.69, 9.17) is 0 Å². The smallest absolute Gasteiger partial charge is 0.228 e. The first-order chi connectivity index (χ1) is 10.5. The van der Waals surface area contributed by atoms with Gasteiger partial charge in [-0.25, -0.2) is 0 Å². The van der Waals surface area contributed by atoms with Crippen LogP contribution in [0, 0.1) is 18.3 Å². The molecule has 2 aliphatic rings. The fourth-order valence-electron chi connectivity index (χ4n) is 3.51. The van der Waals surface area contributed by atoms with Crippen molar-refractivity contribution in [3.8, 4) is 0 Å². The molecule has 5 nitrogen and oxygen atoms in total. The lowest BCUT2D eigenvalue weighted by atomic mass is 9.91. The van der Waals surface area contributed by atoms with E-state index in [1.54, 1.807) is 0 Å². The minimum Gasteiger partial charge on any atom is -0.326 e. The van der Waals surface area contributed by atoms with Crippen molar-refractivity contribution in [1.29, 1.82) is 0 Å². The van der Waals surface area contributed by atoms with Gasteiger partial charge in [-0.15, -0.1) is 0 Å². The molecule has 1 saturated carbocycles. The second kappa shape index (κ2) is 5.72. The zero-order chi connectivity index (χ0) is 15.7. The zero-order valence-electron chi connectivity index (χ0n) is 13.2. The van der Waals surface area contributed by atoms with Gasteiger partial charge in [0.05, 0.1) is 0 Å². The molecule has 5 heteroatoms. The molecule has 2 amide bonds. The second-order valence-electron chi connectivity index (χ2n) is 6.52.